The van der Waals surface area contributed by atoms with Gasteiger partial charge >= 0.3 is 0 Å². The summed E-state index contributed by atoms with van der Waals surface area (Å²) >= 11 is 0. The Morgan fingerprint density at radius 1 is 1.06 bits per heavy atom. The van der Waals surface area contributed by atoms with Crippen LogP contribution in [0.2, 0.25) is 0 Å². The Morgan fingerprint density at radius 3 is 1.89 bits per heavy atom. The molecule has 1 aromatic carbocycles. The number of aryl methyl sites for hydroxylation is 1. The maximum atomic E-state index is 10.4. The fourth-order valence-electron chi connectivity index (χ4n) is 2.21. The molecule has 0 amide bonds. The fraction of sp³-hybridized carbons (Fsp3) is 0.600. The van der Waals surface area contributed by atoms with Crippen molar-refractivity contribution in [2.75, 3.05) is 13.2 Å². The Balaban J connectivity index is 2.49. The standard InChI is InChI=1S/C15H22O3/c1-4-11-9-12(17-5-2)14(15(16)7-8-15)13(10-11)18-6-3/h9-10,16H,4-8H2,1-3H3. The van der Waals surface area contributed by atoms with E-state index in [0.29, 0.717) is 13.2 Å². The van der Waals surface area contributed by atoms with Gasteiger partial charge in [0.15, 0.2) is 0 Å². The predicted molar refractivity (Wildman–Crippen MR) is 71.3 cm³/mol. The van der Waals surface area contributed by atoms with Gasteiger partial charge in [0.1, 0.15) is 11.5 Å². The highest BCUT2D eigenvalue weighted by Gasteiger charge is 2.46. The van der Waals surface area contributed by atoms with E-state index in [4.69, 9.17) is 9.47 Å². The molecule has 3 nitrogen and oxygen atoms in total. The highest BCUT2D eigenvalue weighted by Crippen LogP contribution is 2.53. The van der Waals surface area contributed by atoms with Crippen molar-refractivity contribution in [3.63, 3.8) is 0 Å². The summed E-state index contributed by atoms with van der Waals surface area (Å²) in [5.74, 6) is 1.56. The smallest absolute Gasteiger partial charge is 0.129 e. The van der Waals surface area contributed by atoms with Crippen LogP contribution in [0.1, 0.15) is 44.7 Å². The van der Waals surface area contributed by atoms with E-state index in [0.717, 1.165) is 36.3 Å². The second kappa shape index (κ2) is 5.19. The number of benzene rings is 1. The predicted octanol–water partition coefficient (Wildman–Crippen LogP) is 3.03. The molecule has 0 aliphatic heterocycles. The van der Waals surface area contributed by atoms with Crippen molar-refractivity contribution >= 4 is 0 Å². The minimum Gasteiger partial charge on any atom is -0.493 e. The third-order valence-electron chi connectivity index (χ3n) is 3.32. The Kier molecular flexibility index (Phi) is 3.81. The Hall–Kier alpha value is -1.22. The van der Waals surface area contributed by atoms with Gasteiger partial charge in [0.05, 0.1) is 24.4 Å². The molecule has 0 radical (unpaired) electrons. The number of rotatable bonds is 6. The maximum Gasteiger partial charge on any atom is 0.129 e. The van der Waals surface area contributed by atoms with E-state index >= 15 is 0 Å². The van der Waals surface area contributed by atoms with Crippen molar-refractivity contribution in [3.05, 3.63) is 23.3 Å². The summed E-state index contributed by atoms with van der Waals surface area (Å²) in [5.41, 5.74) is 1.28. The van der Waals surface area contributed by atoms with E-state index in [2.05, 4.69) is 6.92 Å². The average Bonchev–Trinajstić information content (AvgIpc) is 3.08. The van der Waals surface area contributed by atoms with Crippen molar-refractivity contribution in [2.24, 2.45) is 0 Å². The molecule has 1 fully saturated rings. The van der Waals surface area contributed by atoms with E-state index in [9.17, 15) is 5.11 Å². The molecular formula is C15H22O3. The summed E-state index contributed by atoms with van der Waals surface area (Å²) in [6.07, 6.45) is 2.51. The first-order valence-electron chi connectivity index (χ1n) is 6.80. The summed E-state index contributed by atoms with van der Waals surface area (Å²) in [7, 11) is 0. The lowest BCUT2D eigenvalue weighted by Crippen LogP contribution is -2.12. The molecule has 0 bridgehead atoms. The van der Waals surface area contributed by atoms with Gasteiger partial charge in [-0.25, -0.2) is 0 Å². The number of hydrogen-bond acceptors (Lipinski definition) is 3. The van der Waals surface area contributed by atoms with Crippen LogP contribution in [0.25, 0.3) is 0 Å². The van der Waals surface area contributed by atoms with Crippen LogP contribution in [-0.2, 0) is 12.0 Å². The van der Waals surface area contributed by atoms with Crippen LogP contribution in [0.3, 0.4) is 0 Å². The summed E-state index contributed by atoms with van der Waals surface area (Å²) in [6.45, 7) is 7.22. The summed E-state index contributed by atoms with van der Waals surface area (Å²) in [4.78, 5) is 0. The quantitative estimate of drug-likeness (QED) is 0.843. The monoisotopic (exact) mass is 250 g/mol. The summed E-state index contributed by atoms with van der Waals surface area (Å²) in [6, 6.07) is 4.05. The van der Waals surface area contributed by atoms with Crippen LogP contribution >= 0.6 is 0 Å². The molecule has 18 heavy (non-hydrogen) atoms. The van der Waals surface area contributed by atoms with E-state index in [1.807, 2.05) is 26.0 Å². The molecule has 2 rings (SSSR count). The van der Waals surface area contributed by atoms with Crippen LogP contribution in [-0.4, -0.2) is 18.3 Å². The van der Waals surface area contributed by atoms with E-state index in [1.165, 1.54) is 5.56 Å². The largest absolute Gasteiger partial charge is 0.493 e. The highest BCUT2D eigenvalue weighted by atomic mass is 16.5. The van der Waals surface area contributed by atoms with Gasteiger partial charge in [0, 0.05) is 0 Å². The molecular weight excluding hydrogens is 228 g/mol. The lowest BCUT2D eigenvalue weighted by molar-refractivity contribution is 0.140. The van der Waals surface area contributed by atoms with Crippen LogP contribution in [0, 0.1) is 0 Å². The van der Waals surface area contributed by atoms with Crippen LogP contribution in [0.15, 0.2) is 12.1 Å². The SMILES string of the molecule is CCOc1cc(CC)cc(OCC)c1C1(O)CC1. The Bertz CT molecular complexity index is 395. The van der Waals surface area contributed by atoms with Gasteiger partial charge in [-0.2, -0.15) is 0 Å². The normalized spacial score (nSPS) is 16.4. The van der Waals surface area contributed by atoms with Crippen LogP contribution in [0.5, 0.6) is 11.5 Å². The molecule has 1 aliphatic carbocycles. The van der Waals surface area contributed by atoms with Gasteiger partial charge in [-0.05, 0) is 50.8 Å². The first kappa shape index (κ1) is 13.2. The van der Waals surface area contributed by atoms with Gasteiger partial charge in [-0.1, -0.05) is 6.92 Å². The lowest BCUT2D eigenvalue weighted by Gasteiger charge is -2.20. The zero-order chi connectivity index (χ0) is 13.2. The molecule has 0 unspecified atom stereocenters. The molecule has 0 aromatic heterocycles. The van der Waals surface area contributed by atoms with Gasteiger partial charge in [-0.15, -0.1) is 0 Å². The van der Waals surface area contributed by atoms with E-state index in [-0.39, 0.29) is 0 Å². The van der Waals surface area contributed by atoms with Crippen molar-refractivity contribution in [2.45, 2.75) is 45.6 Å². The molecule has 1 N–H and O–H groups in total. The summed E-state index contributed by atoms with van der Waals surface area (Å²) in [5, 5.41) is 10.4. The van der Waals surface area contributed by atoms with Crippen LogP contribution < -0.4 is 9.47 Å². The average molecular weight is 250 g/mol. The van der Waals surface area contributed by atoms with E-state index < -0.39 is 5.60 Å². The topological polar surface area (TPSA) is 38.7 Å². The van der Waals surface area contributed by atoms with Crippen molar-refractivity contribution in [3.8, 4) is 11.5 Å². The van der Waals surface area contributed by atoms with Gasteiger partial charge in [0.25, 0.3) is 0 Å². The molecule has 3 heteroatoms. The zero-order valence-electron chi connectivity index (χ0n) is 11.5. The second-order valence-electron chi connectivity index (χ2n) is 4.72. The first-order valence-corrected chi connectivity index (χ1v) is 6.80. The molecule has 0 spiro atoms. The molecule has 0 atom stereocenters. The molecule has 1 saturated carbocycles. The highest BCUT2D eigenvalue weighted by molar-refractivity contribution is 5.53. The first-order chi connectivity index (χ1) is 8.64. The lowest BCUT2D eigenvalue weighted by atomic mass is 10.0. The van der Waals surface area contributed by atoms with Crippen LogP contribution in [0.4, 0.5) is 0 Å². The van der Waals surface area contributed by atoms with Gasteiger partial charge in [0.2, 0.25) is 0 Å². The molecule has 100 valence electrons. The Labute approximate surface area is 109 Å². The zero-order valence-corrected chi connectivity index (χ0v) is 11.5. The molecule has 0 saturated heterocycles. The van der Waals surface area contributed by atoms with Crippen molar-refractivity contribution in [1.82, 2.24) is 0 Å². The minimum absolute atomic E-state index is 0.599. The maximum absolute atomic E-state index is 10.4. The Morgan fingerprint density at radius 2 is 1.56 bits per heavy atom. The third kappa shape index (κ3) is 2.46. The number of ether oxygens (including phenoxy) is 2. The number of aliphatic hydroxyl groups is 1. The second-order valence-corrected chi connectivity index (χ2v) is 4.72. The van der Waals surface area contributed by atoms with Gasteiger partial charge < -0.3 is 14.6 Å². The molecule has 1 aromatic rings. The fourth-order valence-corrected chi connectivity index (χ4v) is 2.21. The minimum atomic E-state index is -0.735. The third-order valence-corrected chi connectivity index (χ3v) is 3.32. The molecule has 1 aliphatic rings. The van der Waals surface area contributed by atoms with E-state index in [1.54, 1.807) is 0 Å². The number of hydrogen-bond donors (Lipinski definition) is 1. The van der Waals surface area contributed by atoms with Gasteiger partial charge in [-0.3, -0.25) is 0 Å². The van der Waals surface area contributed by atoms with Crippen molar-refractivity contribution in [1.29, 1.82) is 0 Å². The molecule has 0 heterocycles. The van der Waals surface area contributed by atoms with Crippen molar-refractivity contribution < 1.29 is 14.6 Å². The summed E-state index contributed by atoms with van der Waals surface area (Å²) < 4.78 is 11.4.